The van der Waals surface area contributed by atoms with Crippen molar-refractivity contribution in [2.24, 2.45) is 0 Å². The summed E-state index contributed by atoms with van der Waals surface area (Å²) in [6.07, 6.45) is 4.62. The average Bonchev–Trinajstić information content (AvgIpc) is 2.64. The van der Waals surface area contributed by atoms with E-state index in [4.69, 9.17) is 4.74 Å². The summed E-state index contributed by atoms with van der Waals surface area (Å²) in [5, 5.41) is 2.47. The van der Waals surface area contributed by atoms with Crippen LogP contribution in [0.2, 0.25) is 0 Å². The monoisotopic (exact) mass is 458 g/mol. The molecule has 1 rings (SSSR count). The van der Waals surface area contributed by atoms with Gasteiger partial charge < -0.3 is 10.1 Å². The highest BCUT2D eigenvalue weighted by atomic mass is 32.2. The lowest BCUT2D eigenvalue weighted by molar-refractivity contribution is -0.145. The van der Waals surface area contributed by atoms with E-state index in [1.54, 1.807) is 12.3 Å². The van der Waals surface area contributed by atoms with Crippen LogP contribution in [0.4, 0.5) is 13.2 Å². The van der Waals surface area contributed by atoms with Gasteiger partial charge in [0.25, 0.3) is 0 Å². The SMILES string of the molecule is CSCC(=O)NCCOC(=O)CCC(=O)N(C1=CC=CCC1)S(=O)(=O)C(F)(F)F. The summed E-state index contributed by atoms with van der Waals surface area (Å²) in [5.41, 5.74) is -5.99. The zero-order valence-corrected chi connectivity index (χ0v) is 17.2. The second kappa shape index (κ2) is 11.2. The predicted molar refractivity (Wildman–Crippen MR) is 99.9 cm³/mol. The minimum Gasteiger partial charge on any atom is -0.464 e. The molecule has 0 atom stereocenters. The van der Waals surface area contributed by atoms with Crippen molar-refractivity contribution < 1.29 is 40.7 Å². The Balaban J connectivity index is 2.67. The molecule has 1 N–H and O–H groups in total. The zero-order chi connectivity index (χ0) is 22.1. The molecule has 0 radical (unpaired) electrons. The molecule has 0 aliphatic heterocycles. The van der Waals surface area contributed by atoms with E-state index in [0.29, 0.717) is 0 Å². The molecule has 0 saturated heterocycles. The highest BCUT2D eigenvalue weighted by molar-refractivity contribution is 7.99. The number of ether oxygens (including phenoxy) is 1. The highest BCUT2D eigenvalue weighted by Crippen LogP contribution is 2.32. The number of nitrogens with zero attached hydrogens (tertiary/aromatic N) is 1. The van der Waals surface area contributed by atoms with Crippen LogP contribution >= 0.6 is 11.8 Å². The molecule has 0 unspecified atom stereocenters. The van der Waals surface area contributed by atoms with Gasteiger partial charge in [-0.3, -0.25) is 14.4 Å². The normalized spacial score (nSPS) is 14.1. The molecule has 0 heterocycles. The van der Waals surface area contributed by atoms with E-state index in [2.05, 4.69) is 5.32 Å². The number of sulfonamides is 1. The van der Waals surface area contributed by atoms with Gasteiger partial charge in [-0.15, -0.1) is 0 Å². The maximum absolute atomic E-state index is 13.0. The zero-order valence-electron chi connectivity index (χ0n) is 15.5. The van der Waals surface area contributed by atoms with Crippen LogP contribution in [0.1, 0.15) is 25.7 Å². The number of thioether (sulfide) groups is 1. The first-order valence-corrected chi connectivity index (χ1v) is 11.3. The number of allylic oxidation sites excluding steroid dienone is 4. The van der Waals surface area contributed by atoms with Gasteiger partial charge >= 0.3 is 21.5 Å². The van der Waals surface area contributed by atoms with Gasteiger partial charge in [-0.05, 0) is 25.2 Å². The Morgan fingerprint density at radius 2 is 1.97 bits per heavy atom. The van der Waals surface area contributed by atoms with E-state index in [-0.39, 0.29) is 47.7 Å². The third kappa shape index (κ3) is 7.72. The van der Waals surface area contributed by atoms with Crippen molar-refractivity contribution in [2.75, 3.05) is 25.2 Å². The van der Waals surface area contributed by atoms with E-state index >= 15 is 0 Å². The molecule has 164 valence electrons. The summed E-state index contributed by atoms with van der Waals surface area (Å²) in [4.78, 5) is 35.1. The van der Waals surface area contributed by atoms with Crippen molar-refractivity contribution in [1.82, 2.24) is 9.62 Å². The first kappa shape index (κ1) is 25.0. The summed E-state index contributed by atoms with van der Waals surface area (Å²) < 4.78 is 67.0. The van der Waals surface area contributed by atoms with E-state index in [1.165, 1.54) is 17.8 Å². The fraction of sp³-hybridized carbons (Fsp3) is 0.562. The fourth-order valence-electron chi connectivity index (χ4n) is 2.23. The van der Waals surface area contributed by atoms with Crippen molar-refractivity contribution in [3.63, 3.8) is 0 Å². The molecule has 13 heteroatoms. The minimum atomic E-state index is -5.94. The molecule has 0 saturated carbocycles. The number of amides is 2. The van der Waals surface area contributed by atoms with E-state index in [1.807, 2.05) is 0 Å². The van der Waals surface area contributed by atoms with Gasteiger partial charge in [0.2, 0.25) is 11.8 Å². The van der Waals surface area contributed by atoms with Crippen LogP contribution in [0, 0.1) is 0 Å². The third-order valence-electron chi connectivity index (χ3n) is 3.52. The second-order valence-electron chi connectivity index (χ2n) is 5.74. The van der Waals surface area contributed by atoms with E-state index < -0.39 is 40.2 Å². The Labute approximate surface area is 170 Å². The molecule has 0 aromatic carbocycles. The second-order valence-corrected chi connectivity index (χ2v) is 8.38. The van der Waals surface area contributed by atoms with Crippen LogP contribution in [0.15, 0.2) is 23.9 Å². The Kier molecular flexibility index (Phi) is 9.70. The van der Waals surface area contributed by atoms with Gasteiger partial charge in [-0.25, -0.2) is 4.31 Å². The maximum Gasteiger partial charge on any atom is 0.517 e. The molecular weight excluding hydrogens is 437 g/mol. The van der Waals surface area contributed by atoms with Crippen molar-refractivity contribution in [3.05, 3.63) is 23.9 Å². The lowest BCUT2D eigenvalue weighted by atomic mass is 10.1. The van der Waals surface area contributed by atoms with Crippen molar-refractivity contribution in [2.45, 2.75) is 31.2 Å². The molecule has 8 nitrogen and oxygen atoms in total. The summed E-state index contributed by atoms with van der Waals surface area (Å²) >= 11 is 1.30. The lowest BCUT2D eigenvalue weighted by Crippen LogP contribution is -2.44. The molecule has 0 fully saturated rings. The van der Waals surface area contributed by atoms with Gasteiger partial charge in [0, 0.05) is 12.1 Å². The molecule has 1 aliphatic carbocycles. The van der Waals surface area contributed by atoms with Gasteiger partial charge in [0.15, 0.2) is 0 Å². The number of hydrogen-bond acceptors (Lipinski definition) is 7. The smallest absolute Gasteiger partial charge is 0.464 e. The van der Waals surface area contributed by atoms with Crippen molar-refractivity contribution in [1.29, 1.82) is 0 Å². The quantitative estimate of drug-likeness (QED) is 0.392. The molecule has 1 aliphatic rings. The van der Waals surface area contributed by atoms with Gasteiger partial charge in [0.05, 0.1) is 18.7 Å². The predicted octanol–water partition coefficient (Wildman–Crippen LogP) is 1.70. The van der Waals surface area contributed by atoms with Crippen molar-refractivity contribution in [3.8, 4) is 0 Å². The summed E-state index contributed by atoms with van der Waals surface area (Å²) in [7, 11) is -5.94. The number of carbonyl (C=O) groups is 3. The largest absolute Gasteiger partial charge is 0.517 e. The first-order chi connectivity index (χ1) is 13.5. The fourth-order valence-corrected chi connectivity index (χ4v) is 3.62. The van der Waals surface area contributed by atoms with Crippen LogP contribution < -0.4 is 5.32 Å². The number of carbonyl (C=O) groups excluding carboxylic acids is 3. The summed E-state index contributed by atoms with van der Waals surface area (Å²) in [5.74, 6) is -2.31. The lowest BCUT2D eigenvalue weighted by Gasteiger charge is -2.26. The Bertz CT molecular complexity index is 778. The molecule has 0 spiro atoms. The van der Waals surface area contributed by atoms with Gasteiger partial charge in [-0.1, -0.05) is 12.2 Å². The number of rotatable bonds is 10. The van der Waals surface area contributed by atoms with E-state index in [0.717, 1.165) is 6.08 Å². The molecule has 0 bridgehead atoms. The standard InChI is InChI=1S/C16H21F3N2O6S2/c1-28-11-13(22)20-9-10-27-15(24)8-7-14(23)21(12-5-3-2-4-6-12)29(25,26)16(17,18)19/h2-3,5H,4,6-11H2,1H3,(H,20,22). The van der Waals surface area contributed by atoms with Crippen LogP contribution in [0.5, 0.6) is 0 Å². The van der Waals surface area contributed by atoms with Crippen LogP contribution in [-0.4, -0.2) is 61.2 Å². The highest BCUT2D eigenvalue weighted by Gasteiger charge is 2.52. The van der Waals surface area contributed by atoms with Crippen LogP contribution in [-0.2, 0) is 29.1 Å². The van der Waals surface area contributed by atoms with Crippen LogP contribution in [0.3, 0.4) is 0 Å². The number of esters is 1. The summed E-state index contributed by atoms with van der Waals surface area (Å²) in [6.45, 7) is -0.152. The van der Waals surface area contributed by atoms with Gasteiger partial charge in [-0.2, -0.15) is 33.4 Å². The Morgan fingerprint density at radius 1 is 1.28 bits per heavy atom. The Morgan fingerprint density at radius 3 is 2.52 bits per heavy atom. The Hall–Kier alpha value is -2.02. The van der Waals surface area contributed by atoms with Gasteiger partial charge in [0.1, 0.15) is 6.61 Å². The molecule has 0 aromatic heterocycles. The summed E-state index contributed by atoms with van der Waals surface area (Å²) in [6, 6.07) is 0. The number of halogens is 3. The minimum absolute atomic E-state index is 0.0346. The topological polar surface area (TPSA) is 110 Å². The molecule has 0 aromatic rings. The molecular formula is C16H21F3N2O6S2. The first-order valence-electron chi connectivity index (χ1n) is 8.42. The number of alkyl halides is 3. The molecule has 29 heavy (non-hydrogen) atoms. The average molecular weight is 458 g/mol. The number of hydrogen-bond donors (Lipinski definition) is 1. The molecule has 2 amide bonds. The van der Waals surface area contributed by atoms with E-state index in [9.17, 15) is 36.0 Å². The van der Waals surface area contributed by atoms with Crippen molar-refractivity contribution >= 4 is 39.6 Å². The number of nitrogens with one attached hydrogen (secondary N) is 1. The third-order valence-corrected chi connectivity index (χ3v) is 5.57. The van der Waals surface area contributed by atoms with Crippen LogP contribution in [0.25, 0.3) is 0 Å². The maximum atomic E-state index is 13.0.